The van der Waals surface area contributed by atoms with E-state index in [2.05, 4.69) is 29.2 Å². The maximum atomic E-state index is 11.2. The summed E-state index contributed by atoms with van der Waals surface area (Å²) in [5, 5.41) is 8.19. The highest BCUT2D eigenvalue weighted by Gasteiger charge is 2.43. The zero-order valence-electron chi connectivity index (χ0n) is 23.5. The molecule has 1 saturated heterocycles. The Morgan fingerprint density at radius 3 is 2.08 bits per heavy atom. The molecular formula is C29H46O9. The van der Waals surface area contributed by atoms with Crippen LogP contribution in [0.5, 0.6) is 0 Å². The summed E-state index contributed by atoms with van der Waals surface area (Å²) >= 11 is 0. The Morgan fingerprint density at radius 2 is 1.55 bits per heavy atom. The third-order valence-corrected chi connectivity index (χ3v) is 6.35. The van der Waals surface area contributed by atoms with Crippen molar-refractivity contribution in [3.8, 4) is 0 Å². The van der Waals surface area contributed by atoms with E-state index >= 15 is 0 Å². The number of epoxide rings is 1. The van der Waals surface area contributed by atoms with Gasteiger partial charge in [-0.2, -0.15) is 0 Å². The van der Waals surface area contributed by atoms with Gasteiger partial charge in [-0.3, -0.25) is 0 Å². The van der Waals surface area contributed by atoms with Gasteiger partial charge in [0.25, 0.3) is 0 Å². The first-order chi connectivity index (χ1) is 18.0. The Kier molecular flexibility index (Phi) is 15.8. The molecule has 38 heavy (non-hydrogen) atoms. The summed E-state index contributed by atoms with van der Waals surface area (Å²) in [6.07, 6.45) is 10.8. The normalized spacial score (nSPS) is 22.5. The molecule has 0 bridgehead atoms. The number of carbonyl (C=O) groups is 3. The highest BCUT2D eigenvalue weighted by atomic mass is 16.7. The standard InChI is InChI=1S/C12H20O3.C11H16O3.C6H10O3/c1-9(2)12(13)15-10(3)14-11-7-5-4-6-8-11;1-7(11(12)13-2)5-8-3-4-9-10(6-8)14-9;1-5(2)6(8)9-4-3-7/h10-11H,1,4-8H2,2-3H3;8-10H,1,3-6H2,2H3;7H,1,3-4H2,2H3. The minimum Gasteiger partial charge on any atom is -0.466 e. The van der Waals surface area contributed by atoms with E-state index in [1.807, 2.05) is 0 Å². The third kappa shape index (κ3) is 13.9. The number of hydrogen-bond acceptors (Lipinski definition) is 9. The molecule has 0 amide bonds. The van der Waals surface area contributed by atoms with Crippen molar-refractivity contribution in [1.29, 1.82) is 0 Å². The average Bonchev–Trinajstić information content (AvgIpc) is 3.66. The Balaban J connectivity index is 0.000000295. The lowest BCUT2D eigenvalue weighted by Crippen LogP contribution is -2.26. The minimum absolute atomic E-state index is 0.0473. The van der Waals surface area contributed by atoms with Gasteiger partial charge in [0.1, 0.15) is 6.61 Å². The van der Waals surface area contributed by atoms with Crippen molar-refractivity contribution in [1.82, 2.24) is 0 Å². The monoisotopic (exact) mass is 538 g/mol. The molecule has 0 aromatic heterocycles. The van der Waals surface area contributed by atoms with Crippen molar-refractivity contribution in [3.05, 3.63) is 36.5 Å². The van der Waals surface area contributed by atoms with Crippen LogP contribution in [0.3, 0.4) is 0 Å². The summed E-state index contributed by atoms with van der Waals surface area (Å²) < 4.78 is 25.2. The number of aliphatic hydroxyl groups excluding tert-OH is 1. The van der Waals surface area contributed by atoms with Crippen LogP contribution >= 0.6 is 0 Å². The van der Waals surface area contributed by atoms with Gasteiger partial charge in [0, 0.05) is 16.7 Å². The quantitative estimate of drug-likeness (QED) is 0.140. The number of esters is 3. The molecule has 0 spiro atoms. The fourth-order valence-corrected chi connectivity index (χ4v) is 4.26. The number of fused-ring (bicyclic) bond motifs is 1. The van der Waals surface area contributed by atoms with E-state index in [1.54, 1.807) is 20.8 Å². The van der Waals surface area contributed by atoms with E-state index in [9.17, 15) is 14.4 Å². The summed E-state index contributed by atoms with van der Waals surface area (Å²) in [5.74, 6) is -0.545. The van der Waals surface area contributed by atoms with Crippen LogP contribution in [-0.2, 0) is 38.1 Å². The Morgan fingerprint density at radius 1 is 0.921 bits per heavy atom. The molecular weight excluding hydrogens is 492 g/mol. The van der Waals surface area contributed by atoms with Crippen molar-refractivity contribution in [2.75, 3.05) is 20.3 Å². The maximum Gasteiger partial charge on any atom is 0.335 e. The van der Waals surface area contributed by atoms with Gasteiger partial charge in [-0.1, -0.05) is 39.0 Å². The summed E-state index contributed by atoms with van der Waals surface area (Å²) in [7, 11) is 1.40. The molecule has 3 fully saturated rings. The molecule has 2 aliphatic carbocycles. The lowest BCUT2D eigenvalue weighted by atomic mass is 9.85. The second kappa shape index (κ2) is 17.9. The molecule has 0 radical (unpaired) electrons. The SMILES string of the molecule is C=C(C)C(=O)OC(C)OC1CCCCC1.C=C(C)C(=O)OCCO.C=C(CC1CCC2OC2C1)C(=O)OC. The Bertz CT molecular complexity index is 813. The lowest BCUT2D eigenvalue weighted by Gasteiger charge is -2.25. The van der Waals surface area contributed by atoms with Crippen LogP contribution in [0.25, 0.3) is 0 Å². The number of rotatable bonds is 10. The fraction of sp³-hybridized carbons (Fsp3) is 0.690. The molecule has 0 aromatic carbocycles. The molecule has 4 atom stereocenters. The minimum atomic E-state index is -0.461. The van der Waals surface area contributed by atoms with Gasteiger partial charge in [0.2, 0.25) is 6.29 Å². The second-order valence-corrected chi connectivity index (χ2v) is 9.98. The van der Waals surface area contributed by atoms with E-state index in [0.717, 1.165) is 38.5 Å². The highest BCUT2D eigenvalue weighted by molar-refractivity contribution is 5.88. The van der Waals surface area contributed by atoms with Crippen molar-refractivity contribution in [3.63, 3.8) is 0 Å². The molecule has 9 heteroatoms. The van der Waals surface area contributed by atoms with E-state index in [-0.39, 0.29) is 31.3 Å². The third-order valence-electron chi connectivity index (χ3n) is 6.35. The van der Waals surface area contributed by atoms with Gasteiger partial charge >= 0.3 is 17.9 Å². The number of hydrogen-bond donors (Lipinski definition) is 1. The molecule has 9 nitrogen and oxygen atoms in total. The van der Waals surface area contributed by atoms with Crippen molar-refractivity contribution in [2.45, 2.75) is 103 Å². The summed E-state index contributed by atoms with van der Waals surface area (Å²) in [6.45, 7) is 15.5. The van der Waals surface area contributed by atoms with Gasteiger partial charge in [0.15, 0.2) is 0 Å². The maximum absolute atomic E-state index is 11.2. The smallest absolute Gasteiger partial charge is 0.335 e. The van der Waals surface area contributed by atoms with E-state index < -0.39 is 12.3 Å². The molecule has 216 valence electrons. The van der Waals surface area contributed by atoms with Crippen molar-refractivity contribution in [2.24, 2.45) is 5.92 Å². The first-order valence-corrected chi connectivity index (χ1v) is 13.3. The molecule has 3 rings (SSSR count). The zero-order valence-corrected chi connectivity index (χ0v) is 23.5. The van der Waals surface area contributed by atoms with Crippen LogP contribution in [0.2, 0.25) is 0 Å². The number of methoxy groups -OCH3 is 1. The van der Waals surface area contributed by atoms with E-state index in [0.29, 0.717) is 34.8 Å². The van der Waals surface area contributed by atoms with Crippen LogP contribution in [0.15, 0.2) is 36.5 Å². The van der Waals surface area contributed by atoms with Crippen LogP contribution < -0.4 is 0 Å². The molecule has 0 aromatic rings. The molecule has 3 aliphatic rings. The highest BCUT2D eigenvalue weighted by Crippen LogP contribution is 2.41. The first-order valence-electron chi connectivity index (χ1n) is 13.3. The molecule has 2 saturated carbocycles. The number of aliphatic hydroxyl groups is 1. The number of carbonyl (C=O) groups excluding carboxylic acids is 3. The second-order valence-electron chi connectivity index (χ2n) is 9.98. The summed E-state index contributed by atoms with van der Waals surface area (Å²) in [6, 6.07) is 0. The first kappa shape index (κ1) is 33.5. The van der Waals surface area contributed by atoms with Gasteiger partial charge in [-0.05, 0) is 65.2 Å². The molecule has 1 aliphatic heterocycles. The van der Waals surface area contributed by atoms with Gasteiger partial charge < -0.3 is 28.8 Å². The fourth-order valence-electron chi connectivity index (χ4n) is 4.26. The van der Waals surface area contributed by atoms with Crippen molar-refractivity contribution < 1.29 is 43.2 Å². The Labute approximate surface area is 227 Å². The lowest BCUT2D eigenvalue weighted by molar-refractivity contribution is -0.183. The van der Waals surface area contributed by atoms with Gasteiger partial charge in [0.05, 0.1) is 32.0 Å². The predicted octanol–water partition coefficient (Wildman–Crippen LogP) is 4.57. The average molecular weight is 539 g/mol. The predicted molar refractivity (Wildman–Crippen MR) is 143 cm³/mol. The van der Waals surface area contributed by atoms with Gasteiger partial charge in [-0.25, -0.2) is 14.4 Å². The molecule has 4 unspecified atom stereocenters. The molecule has 1 N–H and O–H groups in total. The zero-order chi connectivity index (χ0) is 28.7. The largest absolute Gasteiger partial charge is 0.466 e. The summed E-state index contributed by atoms with van der Waals surface area (Å²) in [5.41, 5.74) is 1.36. The van der Waals surface area contributed by atoms with Crippen LogP contribution in [0.1, 0.15) is 78.6 Å². The van der Waals surface area contributed by atoms with E-state index in [1.165, 1.54) is 26.4 Å². The summed E-state index contributed by atoms with van der Waals surface area (Å²) in [4.78, 5) is 32.8. The topological polar surface area (TPSA) is 121 Å². The van der Waals surface area contributed by atoms with Gasteiger partial charge in [-0.15, -0.1) is 0 Å². The van der Waals surface area contributed by atoms with E-state index in [4.69, 9.17) is 19.3 Å². The Hall–Kier alpha value is -2.49. The molecule has 1 heterocycles. The number of ether oxygens (including phenoxy) is 5. The van der Waals surface area contributed by atoms with Crippen LogP contribution in [0.4, 0.5) is 0 Å². The van der Waals surface area contributed by atoms with Crippen LogP contribution in [-0.4, -0.2) is 67.9 Å². The van der Waals surface area contributed by atoms with Crippen molar-refractivity contribution >= 4 is 17.9 Å². The van der Waals surface area contributed by atoms with Crippen LogP contribution in [0, 0.1) is 5.92 Å².